The van der Waals surface area contributed by atoms with E-state index in [0.717, 1.165) is 37.6 Å². The minimum atomic E-state index is 0.218. The van der Waals surface area contributed by atoms with E-state index in [9.17, 15) is 0 Å². The maximum atomic E-state index is 4.54. The highest BCUT2D eigenvalue weighted by molar-refractivity contribution is 5.15. The van der Waals surface area contributed by atoms with Crippen LogP contribution < -0.4 is 5.32 Å². The molecule has 0 radical (unpaired) electrons. The van der Waals surface area contributed by atoms with Gasteiger partial charge in [-0.2, -0.15) is 10.2 Å². The van der Waals surface area contributed by atoms with Gasteiger partial charge in [0.2, 0.25) is 0 Å². The Kier molecular flexibility index (Phi) is 4.89. The van der Waals surface area contributed by atoms with Crippen LogP contribution in [0.4, 0.5) is 0 Å². The number of likely N-dealkylation sites (N-methyl/N-ethyl adjacent to an activating group) is 1. The molecule has 1 N–H and O–H groups in total. The van der Waals surface area contributed by atoms with Gasteiger partial charge in [0.05, 0.1) is 17.4 Å². The van der Waals surface area contributed by atoms with Crippen molar-refractivity contribution in [2.45, 2.75) is 53.2 Å². The molecule has 1 atom stereocenters. The molecule has 0 spiro atoms. The summed E-state index contributed by atoms with van der Waals surface area (Å²) in [6.45, 7) is 11.0. The Morgan fingerprint density at radius 2 is 1.95 bits per heavy atom. The van der Waals surface area contributed by atoms with E-state index in [1.807, 2.05) is 11.6 Å². The first-order valence-corrected chi connectivity index (χ1v) is 7.33. The summed E-state index contributed by atoms with van der Waals surface area (Å²) in [4.78, 5) is 4.38. The lowest BCUT2D eigenvalue weighted by Gasteiger charge is -2.18. The summed E-state index contributed by atoms with van der Waals surface area (Å²) in [7, 11) is 0. The van der Waals surface area contributed by atoms with Crippen LogP contribution in [0.5, 0.6) is 0 Å². The van der Waals surface area contributed by atoms with Gasteiger partial charge in [0.15, 0.2) is 0 Å². The predicted molar refractivity (Wildman–Crippen MR) is 78.5 cm³/mol. The van der Waals surface area contributed by atoms with E-state index < -0.39 is 0 Å². The smallest absolute Gasteiger partial charge is 0.138 e. The van der Waals surface area contributed by atoms with Crippen LogP contribution in [0.2, 0.25) is 0 Å². The minimum absolute atomic E-state index is 0.218. The van der Waals surface area contributed by atoms with Crippen LogP contribution in [-0.4, -0.2) is 31.1 Å². The second-order valence-electron chi connectivity index (χ2n) is 4.83. The van der Waals surface area contributed by atoms with Crippen molar-refractivity contribution in [3.63, 3.8) is 0 Å². The van der Waals surface area contributed by atoms with E-state index in [4.69, 9.17) is 0 Å². The summed E-state index contributed by atoms with van der Waals surface area (Å²) >= 11 is 0. The molecule has 20 heavy (non-hydrogen) atoms. The molecule has 6 heteroatoms. The zero-order valence-corrected chi connectivity index (χ0v) is 12.8. The second-order valence-corrected chi connectivity index (χ2v) is 4.83. The van der Waals surface area contributed by atoms with Gasteiger partial charge in [-0.3, -0.25) is 9.36 Å². The Morgan fingerprint density at radius 1 is 1.20 bits per heavy atom. The summed E-state index contributed by atoms with van der Waals surface area (Å²) < 4.78 is 4.01. The van der Waals surface area contributed by atoms with Crippen molar-refractivity contribution in [1.82, 2.24) is 29.9 Å². The van der Waals surface area contributed by atoms with E-state index in [2.05, 4.69) is 52.0 Å². The zero-order chi connectivity index (χ0) is 14.5. The average molecular weight is 276 g/mol. The largest absolute Gasteiger partial charge is 0.309 e. The van der Waals surface area contributed by atoms with E-state index in [1.165, 1.54) is 5.69 Å². The Labute approximate surface area is 120 Å². The van der Waals surface area contributed by atoms with Crippen LogP contribution >= 0.6 is 0 Å². The van der Waals surface area contributed by atoms with Crippen molar-refractivity contribution in [3.8, 4) is 0 Å². The van der Waals surface area contributed by atoms with Gasteiger partial charge < -0.3 is 5.32 Å². The Balaban J connectivity index is 2.26. The lowest BCUT2D eigenvalue weighted by atomic mass is 10.1. The molecule has 2 rings (SSSR count). The molecule has 0 aliphatic heterocycles. The first-order chi connectivity index (χ1) is 9.69. The van der Waals surface area contributed by atoms with Crippen LogP contribution in [0.25, 0.3) is 0 Å². The normalized spacial score (nSPS) is 12.8. The van der Waals surface area contributed by atoms with Gasteiger partial charge in [-0.1, -0.05) is 6.92 Å². The molecule has 0 saturated carbocycles. The summed E-state index contributed by atoms with van der Waals surface area (Å²) in [5.41, 5.74) is 2.28. The zero-order valence-electron chi connectivity index (χ0n) is 12.8. The summed E-state index contributed by atoms with van der Waals surface area (Å²) in [5, 5.41) is 12.3. The topological polar surface area (TPSA) is 60.6 Å². The number of aryl methyl sites for hydroxylation is 3. The number of rotatable bonds is 7. The molecule has 0 fully saturated rings. The standard InChI is InChI=1S/C14H24N6/c1-5-15-12(9-14-16-10-17-20(14)7-3)13-8-11(4)18-19(13)6-2/h8,10,12,15H,5-7,9H2,1-4H3. The molecule has 110 valence electrons. The Bertz CT molecular complexity index is 542. The van der Waals surface area contributed by atoms with E-state index >= 15 is 0 Å². The third-order valence-electron chi connectivity index (χ3n) is 3.42. The molecule has 0 saturated heterocycles. The number of hydrogen-bond acceptors (Lipinski definition) is 4. The maximum Gasteiger partial charge on any atom is 0.138 e. The van der Waals surface area contributed by atoms with Gasteiger partial charge >= 0.3 is 0 Å². The molecule has 0 amide bonds. The van der Waals surface area contributed by atoms with E-state index in [0.29, 0.717) is 0 Å². The van der Waals surface area contributed by atoms with Crippen LogP contribution in [0.15, 0.2) is 12.4 Å². The average Bonchev–Trinajstić information content (AvgIpc) is 3.04. The summed E-state index contributed by atoms with van der Waals surface area (Å²) in [6, 6.07) is 2.37. The van der Waals surface area contributed by atoms with Gasteiger partial charge in [-0.25, -0.2) is 4.98 Å². The molecule has 6 nitrogen and oxygen atoms in total. The molecule has 0 aliphatic rings. The molecule has 2 aromatic rings. The van der Waals surface area contributed by atoms with Crippen LogP contribution in [-0.2, 0) is 19.5 Å². The number of nitrogens with zero attached hydrogens (tertiary/aromatic N) is 5. The molecule has 0 aliphatic carbocycles. The summed E-state index contributed by atoms with van der Waals surface area (Å²) in [5.74, 6) is 1.01. The van der Waals surface area contributed by atoms with Crippen LogP contribution in [0.3, 0.4) is 0 Å². The molecular formula is C14H24N6. The fourth-order valence-corrected chi connectivity index (χ4v) is 2.52. The van der Waals surface area contributed by atoms with Gasteiger partial charge in [0, 0.05) is 19.5 Å². The monoisotopic (exact) mass is 276 g/mol. The lowest BCUT2D eigenvalue weighted by molar-refractivity contribution is 0.468. The third-order valence-corrected chi connectivity index (χ3v) is 3.42. The van der Waals surface area contributed by atoms with Crippen LogP contribution in [0, 0.1) is 6.92 Å². The Hall–Kier alpha value is -1.69. The lowest BCUT2D eigenvalue weighted by Crippen LogP contribution is -2.27. The highest BCUT2D eigenvalue weighted by Gasteiger charge is 2.19. The molecular weight excluding hydrogens is 252 g/mol. The van der Waals surface area contributed by atoms with Gasteiger partial charge in [-0.15, -0.1) is 0 Å². The highest BCUT2D eigenvalue weighted by atomic mass is 15.3. The predicted octanol–water partition coefficient (Wildman–Crippen LogP) is 1.72. The van der Waals surface area contributed by atoms with Gasteiger partial charge in [0.25, 0.3) is 0 Å². The van der Waals surface area contributed by atoms with Crippen molar-refractivity contribution < 1.29 is 0 Å². The SMILES string of the molecule is CCNC(Cc1ncnn1CC)c1cc(C)nn1CC. The van der Waals surface area contributed by atoms with Crippen molar-refractivity contribution in [1.29, 1.82) is 0 Å². The van der Waals surface area contributed by atoms with Crippen molar-refractivity contribution in [2.24, 2.45) is 0 Å². The molecule has 0 aromatic carbocycles. The molecule has 2 heterocycles. The van der Waals surface area contributed by atoms with Crippen molar-refractivity contribution in [2.75, 3.05) is 6.54 Å². The number of hydrogen-bond donors (Lipinski definition) is 1. The quantitative estimate of drug-likeness (QED) is 0.836. The van der Waals surface area contributed by atoms with E-state index in [1.54, 1.807) is 6.33 Å². The highest BCUT2D eigenvalue weighted by Crippen LogP contribution is 2.19. The van der Waals surface area contributed by atoms with Gasteiger partial charge in [-0.05, 0) is 33.4 Å². The first-order valence-electron chi connectivity index (χ1n) is 7.33. The van der Waals surface area contributed by atoms with E-state index in [-0.39, 0.29) is 6.04 Å². The molecule has 0 bridgehead atoms. The number of aromatic nitrogens is 5. The fraction of sp³-hybridized carbons (Fsp3) is 0.643. The van der Waals surface area contributed by atoms with Crippen molar-refractivity contribution in [3.05, 3.63) is 29.6 Å². The molecule has 1 unspecified atom stereocenters. The summed E-state index contributed by atoms with van der Waals surface area (Å²) in [6.07, 6.45) is 2.46. The first kappa shape index (κ1) is 14.7. The van der Waals surface area contributed by atoms with Crippen molar-refractivity contribution >= 4 is 0 Å². The minimum Gasteiger partial charge on any atom is -0.309 e. The Morgan fingerprint density at radius 3 is 2.60 bits per heavy atom. The van der Waals surface area contributed by atoms with Gasteiger partial charge in [0.1, 0.15) is 12.2 Å². The molecule has 2 aromatic heterocycles. The number of nitrogens with one attached hydrogen (secondary N) is 1. The maximum absolute atomic E-state index is 4.54. The third kappa shape index (κ3) is 3.07. The second kappa shape index (κ2) is 6.65. The van der Waals surface area contributed by atoms with Crippen LogP contribution in [0.1, 0.15) is 44.0 Å². The fourth-order valence-electron chi connectivity index (χ4n) is 2.52.